The van der Waals surface area contributed by atoms with Crippen molar-refractivity contribution >= 4 is 11.9 Å². The van der Waals surface area contributed by atoms with E-state index < -0.39 is 0 Å². The quantitative estimate of drug-likeness (QED) is 0.266. The Morgan fingerprint density at radius 1 is 1.14 bits per heavy atom. The molecule has 0 saturated heterocycles. The molecule has 0 heterocycles. The Bertz CT molecular complexity index is 634. The van der Waals surface area contributed by atoms with Gasteiger partial charge >= 0.3 is 0 Å². The number of hydrogen-bond acceptors (Lipinski definition) is 4. The lowest BCUT2D eigenvalue weighted by atomic mass is 10.1. The summed E-state index contributed by atoms with van der Waals surface area (Å²) in [5.74, 6) is 1.77. The van der Waals surface area contributed by atoms with Crippen molar-refractivity contribution in [2.24, 2.45) is 4.99 Å². The highest BCUT2D eigenvalue weighted by atomic mass is 16.5. The van der Waals surface area contributed by atoms with E-state index in [9.17, 15) is 4.79 Å². The van der Waals surface area contributed by atoms with Crippen LogP contribution in [0, 0.1) is 0 Å². The summed E-state index contributed by atoms with van der Waals surface area (Å²) < 4.78 is 11.0. The zero-order valence-corrected chi connectivity index (χ0v) is 18.6. The molecule has 0 aliphatic heterocycles. The maximum absolute atomic E-state index is 11.6. The average molecular weight is 407 g/mol. The summed E-state index contributed by atoms with van der Waals surface area (Å²) in [6, 6.07) is 6.05. The molecule has 0 aliphatic rings. The number of ether oxygens (including phenoxy) is 2. The number of carbonyl (C=O) groups excluding carboxylic acids is 1. The fourth-order valence-corrected chi connectivity index (χ4v) is 2.90. The minimum Gasteiger partial charge on any atom is -0.493 e. The van der Waals surface area contributed by atoms with Crippen molar-refractivity contribution < 1.29 is 14.3 Å². The first-order valence-corrected chi connectivity index (χ1v) is 10.6. The molecule has 0 fully saturated rings. The third-order valence-corrected chi connectivity index (χ3v) is 4.52. The predicted octanol–water partition coefficient (Wildman–Crippen LogP) is 3.23. The summed E-state index contributed by atoms with van der Waals surface area (Å²) in [6.45, 7) is 7.43. The van der Waals surface area contributed by atoms with Crippen LogP contribution in [0.2, 0.25) is 0 Å². The number of nitrogens with one attached hydrogen (secondary N) is 3. The number of rotatable bonds is 13. The van der Waals surface area contributed by atoms with E-state index >= 15 is 0 Å². The van der Waals surface area contributed by atoms with Gasteiger partial charge in [0.1, 0.15) is 0 Å². The number of unbranched alkanes of at least 4 members (excludes halogenated alkanes) is 3. The molecule has 29 heavy (non-hydrogen) atoms. The molecule has 1 aromatic carbocycles. The number of amides is 1. The molecule has 1 atom stereocenters. The smallest absolute Gasteiger partial charge is 0.257 e. The molecule has 1 amide bonds. The molecule has 3 N–H and O–H groups in total. The van der Waals surface area contributed by atoms with Crippen LogP contribution in [0.4, 0.5) is 0 Å². The van der Waals surface area contributed by atoms with E-state index in [4.69, 9.17) is 9.47 Å². The summed E-state index contributed by atoms with van der Waals surface area (Å²) >= 11 is 0. The molecule has 0 saturated carbocycles. The molecular weight excluding hydrogens is 368 g/mol. The highest BCUT2D eigenvalue weighted by Crippen LogP contribution is 2.28. The minimum atomic E-state index is -0.154. The van der Waals surface area contributed by atoms with Crippen molar-refractivity contribution in [3.63, 3.8) is 0 Å². The first-order chi connectivity index (χ1) is 14.0. The Morgan fingerprint density at radius 3 is 2.59 bits per heavy atom. The number of nitrogens with zero attached hydrogens (tertiary/aromatic N) is 1. The third-order valence-electron chi connectivity index (χ3n) is 4.52. The van der Waals surface area contributed by atoms with Gasteiger partial charge in [0.15, 0.2) is 24.1 Å². The van der Waals surface area contributed by atoms with Gasteiger partial charge in [-0.3, -0.25) is 9.79 Å². The second kappa shape index (κ2) is 14.5. The molecule has 1 rings (SSSR count). The van der Waals surface area contributed by atoms with Crippen LogP contribution >= 0.6 is 0 Å². The Labute approximate surface area is 175 Å². The van der Waals surface area contributed by atoms with Gasteiger partial charge in [0, 0.05) is 26.2 Å². The van der Waals surface area contributed by atoms with E-state index in [1.165, 1.54) is 25.7 Å². The molecule has 7 heteroatoms. The molecule has 7 nitrogen and oxygen atoms in total. The Kier molecular flexibility index (Phi) is 12.3. The van der Waals surface area contributed by atoms with E-state index in [2.05, 4.69) is 34.8 Å². The van der Waals surface area contributed by atoms with Crippen molar-refractivity contribution in [1.82, 2.24) is 16.0 Å². The van der Waals surface area contributed by atoms with Gasteiger partial charge in [0.25, 0.3) is 5.91 Å². The van der Waals surface area contributed by atoms with Crippen LogP contribution in [0.5, 0.6) is 11.5 Å². The molecule has 0 radical (unpaired) electrons. The molecular formula is C22H38N4O3. The van der Waals surface area contributed by atoms with Crippen LogP contribution < -0.4 is 25.4 Å². The SMILES string of the molecule is CCCCCCC(C)NC(=NC)NCc1ccc(OCC(=O)NCC)c(OC)c1. The molecule has 1 unspecified atom stereocenters. The van der Waals surface area contributed by atoms with Gasteiger partial charge in [-0.15, -0.1) is 0 Å². The molecule has 0 aliphatic carbocycles. The predicted molar refractivity (Wildman–Crippen MR) is 119 cm³/mol. The summed E-state index contributed by atoms with van der Waals surface area (Å²) in [7, 11) is 3.37. The largest absolute Gasteiger partial charge is 0.493 e. The van der Waals surface area contributed by atoms with Crippen molar-refractivity contribution in [2.75, 3.05) is 27.3 Å². The molecule has 0 bridgehead atoms. The first-order valence-electron chi connectivity index (χ1n) is 10.6. The maximum atomic E-state index is 11.6. The van der Waals surface area contributed by atoms with Gasteiger partial charge < -0.3 is 25.4 Å². The molecule has 0 aromatic heterocycles. The molecule has 164 valence electrons. The second-order valence-electron chi connectivity index (χ2n) is 7.05. The third kappa shape index (κ3) is 10.1. The van der Waals surface area contributed by atoms with Gasteiger partial charge in [0.2, 0.25) is 0 Å². The highest BCUT2D eigenvalue weighted by Gasteiger charge is 2.10. The summed E-state index contributed by atoms with van der Waals surface area (Å²) in [5, 5.41) is 9.47. The summed E-state index contributed by atoms with van der Waals surface area (Å²) in [6.07, 6.45) is 6.19. The summed E-state index contributed by atoms with van der Waals surface area (Å²) in [4.78, 5) is 15.9. The van der Waals surface area contributed by atoms with Crippen molar-refractivity contribution in [3.8, 4) is 11.5 Å². The second-order valence-corrected chi connectivity index (χ2v) is 7.05. The van der Waals surface area contributed by atoms with Crippen LogP contribution in [0.25, 0.3) is 0 Å². The standard InChI is InChI=1S/C22H38N4O3/c1-6-8-9-10-11-17(3)26-22(23-4)25-15-18-12-13-19(20(14-18)28-5)29-16-21(27)24-7-2/h12-14,17H,6-11,15-16H2,1-5H3,(H,24,27)(H2,23,25,26). The number of hydrogen-bond donors (Lipinski definition) is 3. The normalized spacial score (nSPS) is 12.2. The molecule has 1 aromatic rings. The lowest BCUT2D eigenvalue weighted by Gasteiger charge is -2.18. The number of guanidine groups is 1. The van der Waals surface area contributed by atoms with Gasteiger partial charge in [-0.2, -0.15) is 0 Å². The molecule has 0 spiro atoms. The Morgan fingerprint density at radius 2 is 1.93 bits per heavy atom. The van der Waals surface area contributed by atoms with Crippen LogP contribution in [0.1, 0.15) is 58.4 Å². The van der Waals surface area contributed by atoms with Crippen LogP contribution in [0.3, 0.4) is 0 Å². The fourth-order valence-electron chi connectivity index (χ4n) is 2.90. The van der Waals surface area contributed by atoms with Crippen LogP contribution in [-0.2, 0) is 11.3 Å². The van der Waals surface area contributed by atoms with E-state index in [1.807, 2.05) is 25.1 Å². The summed E-state index contributed by atoms with van der Waals surface area (Å²) in [5.41, 5.74) is 1.03. The van der Waals surface area contributed by atoms with Gasteiger partial charge in [0.05, 0.1) is 7.11 Å². The topological polar surface area (TPSA) is 84.0 Å². The number of benzene rings is 1. The number of carbonyl (C=O) groups is 1. The lowest BCUT2D eigenvalue weighted by Crippen LogP contribution is -2.41. The minimum absolute atomic E-state index is 0.0332. The van der Waals surface area contributed by atoms with Gasteiger partial charge in [-0.25, -0.2) is 0 Å². The zero-order valence-electron chi connectivity index (χ0n) is 18.6. The fraction of sp³-hybridized carbons (Fsp3) is 0.636. The van der Waals surface area contributed by atoms with Crippen molar-refractivity contribution in [2.45, 2.75) is 65.5 Å². The lowest BCUT2D eigenvalue weighted by molar-refractivity contribution is -0.123. The van der Waals surface area contributed by atoms with Gasteiger partial charge in [-0.1, -0.05) is 38.7 Å². The van der Waals surface area contributed by atoms with E-state index in [-0.39, 0.29) is 12.5 Å². The van der Waals surface area contributed by atoms with Crippen LogP contribution in [-0.4, -0.2) is 45.2 Å². The van der Waals surface area contributed by atoms with Crippen molar-refractivity contribution in [1.29, 1.82) is 0 Å². The average Bonchev–Trinajstić information content (AvgIpc) is 2.73. The van der Waals surface area contributed by atoms with Crippen molar-refractivity contribution in [3.05, 3.63) is 23.8 Å². The zero-order chi connectivity index (χ0) is 21.5. The number of likely N-dealkylation sites (N-methyl/N-ethyl adjacent to an activating group) is 1. The Hall–Kier alpha value is -2.44. The van der Waals surface area contributed by atoms with E-state index in [1.54, 1.807) is 14.2 Å². The van der Waals surface area contributed by atoms with E-state index in [0.29, 0.717) is 30.6 Å². The number of aliphatic imine (C=N–C) groups is 1. The highest BCUT2D eigenvalue weighted by molar-refractivity contribution is 5.80. The van der Waals surface area contributed by atoms with Gasteiger partial charge in [-0.05, 0) is 38.0 Å². The maximum Gasteiger partial charge on any atom is 0.257 e. The van der Waals surface area contributed by atoms with E-state index in [0.717, 1.165) is 17.9 Å². The number of methoxy groups -OCH3 is 1. The first kappa shape index (κ1) is 24.6. The monoisotopic (exact) mass is 406 g/mol. The Balaban J connectivity index is 2.53. The van der Waals surface area contributed by atoms with Crippen LogP contribution in [0.15, 0.2) is 23.2 Å².